The van der Waals surface area contributed by atoms with E-state index in [1.54, 1.807) is 0 Å². The molecular formula is C25H22N4O. The summed E-state index contributed by atoms with van der Waals surface area (Å²) in [4.78, 5) is 21.0. The Labute approximate surface area is 174 Å². The van der Waals surface area contributed by atoms with Gasteiger partial charge < -0.3 is 10.3 Å². The zero-order valence-corrected chi connectivity index (χ0v) is 16.4. The first kappa shape index (κ1) is 18.3. The van der Waals surface area contributed by atoms with Crippen LogP contribution in [0.1, 0.15) is 16.7 Å². The first-order chi connectivity index (χ1) is 14.8. The Morgan fingerprint density at radius 3 is 2.57 bits per heavy atom. The number of benzodiazepines with no additional fused rings is 1. The molecule has 5 heteroatoms. The van der Waals surface area contributed by atoms with Crippen LogP contribution in [0.3, 0.4) is 0 Å². The van der Waals surface area contributed by atoms with Gasteiger partial charge in [0.15, 0.2) is 6.17 Å². The van der Waals surface area contributed by atoms with E-state index in [-0.39, 0.29) is 5.91 Å². The van der Waals surface area contributed by atoms with E-state index in [2.05, 4.69) is 27.8 Å². The van der Waals surface area contributed by atoms with Gasteiger partial charge in [-0.15, -0.1) is 0 Å². The lowest BCUT2D eigenvalue weighted by atomic mass is 10.0. The summed E-state index contributed by atoms with van der Waals surface area (Å²) in [6.45, 7) is 0.641. The molecule has 30 heavy (non-hydrogen) atoms. The summed E-state index contributed by atoms with van der Waals surface area (Å²) in [6.07, 6.45) is 2.18. The van der Waals surface area contributed by atoms with Crippen LogP contribution in [-0.2, 0) is 11.2 Å². The summed E-state index contributed by atoms with van der Waals surface area (Å²) < 4.78 is 0. The van der Waals surface area contributed by atoms with Gasteiger partial charge in [-0.1, -0.05) is 66.7 Å². The van der Waals surface area contributed by atoms with Crippen molar-refractivity contribution in [3.63, 3.8) is 0 Å². The number of hydrogen-bond donors (Lipinski definition) is 3. The number of benzene rings is 3. The molecule has 1 unspecified atom stereocenters. The quantitative estimate of drug-likeness (QED) is 0.477. The molecule has 0 saturated heterocycles. The van der Waals surface area contributed by atoms with E-state index in [4.69, 9.17) is 4.99 Å². The number of para-hydroxylation sites is 2. The summed E-state index contributed by atoms with van der Waals surface area (Å²) in [5.74, 6) is -0.146. The predicted octanol–water partition coefficient (Wildman–Crippen LogP) is 4.12. The van der Waals surface area contributed by atoms with E-state index >= 15 is 0 Å². The number of rotatable bonds is 5. The molecule has 1 aromatic heterocycles. The predicted molar refractivity (Wildman–Crippen MR) is 121 cm³/mol. The third-order valence-electron chi connectivity index (χ3n) is 5.40. The SMILES string of the molecule is O=C1Nc2ccccc2C(c2ccccc2)=NC1NCCc1c[nH]c2ccccc12. The highest BCUT2D eigenvalue weighted by Crippen LogP contribution is 2.24. The van der Waals surface area contributed by atoms with Crippen molar-refractivity contribution in [1.82, 2.24) is 10.3 Å². The van der Waals surface area contributed by atoms with E-state index in [0.29, 0.717) is 6.54 Å². The number of aromatic amines is 1. The van der Waals surface area contributed by atoms with Crippen molar-refractivity contribution in [1.29, 1.82) is 0 Å². The van der Waals surface area contributed by atoms with Gasteiger partial charge in [0.1, 0.15) is 0 Å². The number of fused-ring (bicyclic) bond motifs is 2. The van der Waals surface area contributed by atoms with Gasteiger partial charge in [-0.25, -0.2) is 0 Å². The van der Waals surface area contributed by atoms with Crippen LogP contribution >= 0.6 is 0 Å². The molecule has 5 rings (SSSR count). The van der Waals surface area contributed by atoms with Crippen LogP contribution in [-0.4, -0.2) is 29.3 Å². The Hall–Kier alpha value is -3.70. The van der Waals surface area contributed by atoms with Crippen LogP contribution in [0.5, 0.6) is 0 Å². The number of aromatic nitrogens is 1. The van der Waals surface area contributed by atoms with Gasteiger partial charge in [0.25, 0.3) is 5.91 Å². The zero-order valence-electron chi connectivity index (χ0n) is 16.4. The summed E-state index contributed by atoms with van der Waals surface area (Å²) in [5, 5.41) is 7.57. The highest BCUT2D eigenvalue weighted by atomic mass is 16.2. The Kier molecular flexibility index (Phi) is 4.87. The lowest BCUT2D eigenvalue weighted by Crippen LogP contribution is -2.39. The van der Waals surface area contributed by atoms with Crippen molar-refractivity contribution in [2.45, 2.75) is 12.6 Å². The molecule has 0 spiro atoms. The van der Waals surface area contributed by atoms with Crippen LogP contribution in [0.25, 0.3) is 10.9 Å². The van der Waals surface area contributed by atoms with E-state index in [1.807, 2.05) is 72.9 Å². The van der Waals surface area contributed by atoms with Crippen LogP contribution in [0.4, 0.5) is 5.69 Å². The van der Waals surface area contributed by atoms with Gasteiger partial charge in [0.2, 0.25) is 0 Å². The van der Waals surface area contributed by atoms with Gasteiger partial charge in [-0.2, -0.15) is 0 Å². The number of carbonyl (C=O) groups is 1. The Morgan fingerprint density at radius 1 is 0.900 bits per heavy atom. The molecule has 0 saturated carbocycles. The maximum Gasteiger partial charge on any atom is 0.263 e. The highest BCUT2D eigenvalue weighted by Gasteiger charge is 2.25. The van der Waals surface area contributed by atoms with E-state index in [9.17, 15) is 4.79 Å². The zero-order chi connectivity index (χ0) is 20.3. The minimum absolute atomic E-state index is 0.146. The van der Waals surface area contributed by atoms with Gasteiger partial charge in [0.05, 0.1) is 11.4 Å². The number of aliphatic imine (C=N–C) groups is 1. The van der Waals surface area contributed by atoms with Crippen LogP contribution in [0.15, 0.2) is 90.1 Å². The largest absolute Gasteiger partial charge is 0.361 e. The molecular weight excluding hydrogens is 372 g/mol. The monoisotopic (exact) mass is 394 g/mol. The molecule has 1 aliphatic heterocycles. The number of H-pyrrole nitrogens is 1. The number of nitrogens with one attached hydrogen (secondary N) is 3. The summed E-state index contributed by atoms with van der Waals surface area (Å²) in [7, 11) is 0. The average molecular weight is 394 g/mol. The van der Waals surface area contributed by atoms with Crippen molar-refractivity contribution in [3.8, 4) is 0 Å². The molecule has 1 atom stereocenters. The maximum atomic E-state index is 12.9. The number of amides is 1. The number of hydrogen-bond acceptors (Lipinski definition) is 3. The molecule has 0 bridgehead atoms. The standard InChI is InChI=1S/C25H22N4O/c30-25-24(26-15-14-18-16-27-21-12-6-4-10-19(18)21)29-23(17-8-2-1-3-9-17)20-11-5-7-13-22(20)28-25/h1-13,16,24,26-27H,14-15H2,(H,28,30). The van der Waals surface area contributed by atoms with Gasteiger partial charge in [-0.05, 0) is 24.1 Å². The van der Waals surface area contributed by atoms with E-state index in [0.717, 1.165) is 34.5 Å². The van der Waals surface area contributed by atoms with Crippen LogP contribution in [0.2, 0.25) is 0 Å². The third-order valence-corrected chi connectivity index (χ3v) is 5.40. The fraction of sp³-hybridized carbons (Fsp3) is 0.120. The number of nitrogens with zero attached hydrogens (tertiary/aromatic N) is 1. The van der Waals surface area contributed by atoms with Gasteiger partial charge in [-0.3, -0.25) is 15.1 Å². The lowest BCUT2D eigenvalue weighted by molar-refractivity contribution is -0.117. The topological polar surface area (TPSA) is 69.3 Å². The van der Waals surface area contributed by atoms with Gasteiger partial charge in [0, 0.05) is 34.8 Å². The first-order valence-electron chi connectivity index (χ1n) is 10.1. The Bertz CT molecular complexity index is 1230. The van der Waals surface area contributed by atoms with Gasteiger partial charge >= 0.3 is 0 Å². The van der Waals surface area contributed by atoms with Crippen LogP contribution < -0.4 is 10.6 Å². The fourth-order valence-corrected chi connectivity index (χ4v) is 3.90. The van der Waals surface area contributed by atoms with Crippen molar-refractivity contribution in [3.05, 3.63) is 102 Å². The fourth-order valence-electron chi connectivity index (χ4n) is 3.90. The van der Waals surface area contributed by atoms with Crippen molar-refractivity contribution in [2.75, 3.05) is 11.9 Å². The molecule has 2 heterocycles. The smallest absolute Gasteiger partial charge is 0.263 e. The Morgan fingerprint density at radius 2 is 1.67 bits per heavy atom. The minimum Gasteiger partial charge on any atom is -0.361 e. The van der Waals surface area contributed by atoms with E-state index in [1.165, 1.54) is 10.9 Å². The van der Waals surface area contributed by atoms with Crippen molar-refractivity contribution < 1.29 is 4.79 Å². The molecule has 0 fully saturated rings. The number of anilines is 1. The molecule has 0 aliphatic carbocycles. The lowest BCUT2D eigenvalue weighted by Gasteiger charge is -2.13. The molecule has 1 aliphatic rings. The second-order valence-corrected chi connectivity index (χ2v) is 7.34. The molecule has 3 aromatic carbocycles. The summed E-state index contributed by atoms with van der Waals surface area (Å²) >= 11 is 0. The molecule has 1 amide bonds. The molecule has 148 valence electrons. The first-order valence-corrected chi connectivity index (χ1v) is 10.1. The van der Waals surface area contributed by atoms with Crippen molar-refractivity contribution in [2.24, 2.45) is 4.99 Å². The second-order valence-electron chi connectivity index (χ2n) is 7.34. The maximum absolute atomic E-state index is 12.9. The summed E-state index contributed by atoms with van der Waals surface area (Å²) in [5.41, 5.74) is 5.87. The highest BCUT2D eigenvalue weighted by molar-refractivity contribution is 6.19. The normalized spacial score (nSPS) is 15.9. The second kappa shape index (κ2) is 7.97. The minimum atomic E-state index is -0.655. The Balaban J connectivity index is 1.41. The molecule has 0 radical (unpaired) electrons. The molecule has 5 nitrogen and oxygen atoms in total. The molecule has 4 aromatic rings. The average Bonchev–Trinajstić information content (AvgIpc) is 3.14. The van der Waals surface area contributed by atoms with Crippen LogP contribution in [0, 0.1) is 0 Å². The van der Waals surface area contributed by atoms with Crippen molar-refractivity contribution >= 4 is 28.2 Å². The summed E-state index contributed by atoms with van der Waals surface area (Å²) in [6, 6.07) is 26.0. The van der Waals surface area contributed by atoms with E-state index < -0.39 is 6.17 Å². The number of carbonyl (C=O) groups excluding carboxylic acids is 1. The third kappa shape index (κ3) is 3.51. The molecule has 3 N–H and O–H groups in total.